The lowest BCUT2D eigenvalue weighted by Crippen LogP contribution is -2.18. The van der Waals surface area contributed by atoms with E-state index in [-0.39, 0.29) is 11.4 Å². The second kappa shape index (κ2) is 4.17. The molecule has 0 bridgehead atoms. The van der Waals surface area contributed by atoms with E-state index >= 15 is 0 Å². The first kappa shape index (κ1) is 12.1. The van der Waals surface area contributed by atoms with Crippen LogP contribution in [0.2, 0.25) is 0 Å². The van der Waals surface area contributed by atoms with Gasteiger partial charge in [0, 0.05) is 11.5 Å². The van der Waals surface area contributed by atoms with E-state index in [1.165, 1.54) is 0 Å². The summed E-state index contributed by atoms with van der Waals surface area (Å²) in [5, 5.41) is 3.91. The summed E-state index contributed by atoms with van der Waals surface area (Å²) in [7, 11) is 0. The number of esters is 1. The van der Waals surface area contributed by atoms with Crippen LogP contribution in [0.4, 0.5) is 0 Å². The van der Waals surface area contributed by atoms with Crippen LogP contribution in [0.5, 0.6) is 0 Å². The Kier molecular flexibility index (Phi) is 2.98. The summed E-state index contributed by atoms with van der Waals surface area (Å²) in [4.78, 5) is 11.8. The molecule has 94 valence electrons. The van der Waals surface area contributed by atoms with Gasteiger partial charge in [-0.25, -0.2) is 4.79 Å². The third kappa shape index (κ3) is 2.35. The first-order chi connectivity index (χ1) is 7.95. The first-order valence-electron chi connectivity index (χ1n) is 6.12. The summed E-state index contributed by atoms with van der Waals surface area (Å²) in [6.45, 7) is 8.33. The third-order valence-corrected chi connectivity index (χ3v) is 2.89. The van der Waals surface area contributed by atoms with E-state index in [2.05, 4.69) is 25.9 Å². The first-order valence-corrected chi connectivity index (χ1v) is 6.12. The van der Waals surface area contributed by atoms with Crippen molar-refractivity contribution in [2.45, 2.75) is 51.9 Å². The molecule has 0 unspecified atom stereocenters. The number of carbonyl (C=O) groups excluding carboxylic acids is 1. The van der Waals surface area contributed by atoms with Crippen LogP contribution in [0, 0.1) is 0 Å². The fourth-order valence-electron chi connectivity index (χ4n) is 1.99. The highest BCUT2D eigenvalue weighted by Gasteiger charge is 2.38. The van der Waals surface area contributed by atoms with Crippen molar-refractivity contribution in [1.29, 1.82) is 0 Å². The van der Waals surface area contributed by atoms with E-state index < -0.39 is 0 Å². The van der Waals surface area contributed by atoms with Gasteiger partial charge in [-0.3, -0.25) is 0 Å². The van der Waals surface area contributed by atoms with Gasteiger partial charge in [0.25, 0.3) is 0 Å². The van der Waals surface area contributed by atoms with E-state index in [4.69, 9.17) is 9.26 Å². The second-order valence-corrected chi connectivity index (χ2v) is 5.52. The lowest BCUT2D eigenvalue weighted by Gasteiger charge is -2.18. The van der Waals surface area contributed by atoms with E-state index in [1.807, 2.05) is 0 Å². The zero-order valence-electron chi connectivity index (χ0n) is 10.9. The fourth-order valence-corrected chi connectivity index (χ4v) is 1.99. The van der Waals surface area contributed by atoms with Crippen LogP contribution in [0.15, 0.2) is 4.52 Å². The molecular formula is C13H19NO3. The average Bonchev–Trinajstić information content (AvgIpc) is 2.95. The van der Waals surface area contributed by atoms with Gasteiger partial charge < -0.3 is 9.26 Å². The maximum Gasteiger partial charge on any atom is 0.360 e. The standard InChI is InChI=1S/C13H19NO3/c1-5-16-12(15)10-9(13(2,3)4)11(17-14-10)8-6-7-8/h8H,5-7H2,1-4H3. The van der Waals surface area contributed by atoms with Gasteiger partial charge in [-0.2, -0.15) is 0 Å². The number of nitrogens with zero attached hydrogens (tertiary/aromatic N) is 1. The smallest absolute Gasteiger partial charge is 0.360 e. The molecule has 4 nitrogen and oxygen atoms in total. The van der Waals surface area contributed by atoms with Crippen LogP contribution < -0.4 is 0 Å². The van der Waals surface area contributed by atoms with E-state index in [9.17, 15) is 4.79 Å². The quantitative estimate of drug-likeness (QED) is 0.758. The molecule has 1 fully saturated rings. The van der Waals surface area contributed by atoms with Crippen molar-refractivity contribution in [3.63, 3.8) is 0 Å². The van der Waals surface area contributed by atoms with Crippen LogP contribution in [-0.2, 0) is 10.2 Å². The van der Waals surface area contributed by atoms with Gasteiger partial charge in [-0.05, 0) is 25.2 Å². The Morgan fingerprint density at radius 3 is 2.59 bits per heavy atom. The van der Waals surface area contributed by atoms with Gasteiger partial charge in [0.05, 0.1) is 6.61 Å². The van der Waals surface area contributed by atoms with Crippen molar-refractivity contribution in [3.05, 3.63) is 17.0 Å². The SMILES string of the molecule is CCOC(=O)c1noc(C2CC2)c1C(C)(C)C. The lowest BCUT2D eigenvalue weighted by molar-refractivity contribution is 0.0512. The monoisotopic (exact) mass is 237 g/mol. The van der Waals surface area contributed by atoms with E-state index in [1.54, 1.807) is 6.92 Å². The van der Waals surface area contributed by atoms with Gasteiger partial charge in [-0.1, -0.05) is 25.9 Å². The third-order valence-electron chi connectivity index (χ3n) is 2.89. The topological polar surface area (TPSA) is 52.3 Å². The normalized spacial score (nSPS) is 16.0. The summed E-state index contributed by atoms with van der Waals surface area (Å²) in [5.41, 5.74) is 1.11. The zero-order chi connectivity index (χ0) is 12.6. The largest absolute Gasteiger partial charge is 0.461 e. The van der Waals surface area contributed by atoms with Gasteiger partial charge in [-0.15, -0.1) is 0 Å². The molecular weight excluding hydrogens is 218 g/mol. The van der Waals surface area contributed by atoms with Crippen molar-refractivity contribution in [2.75, 3.05) is 6.61 Å². The Morgan fingerprint density at radius 2 is 2.12 bits per heavy atom. The molecule has 1 aromatic rings. The van der Waals surface area contributed by atoms with E-state index in [0.717, 1.165) is 24.2 Å². The number of hydrogen-bond donors (Lipinski definition) is 0. The van der Waals surface area contributed by atoms with Crippen molar-refractivity contribution in [1.82, 2.24) is 5.16 Å². The highest BCUT2D eigenvalue weighted by atomic mass is 16.5. The van der Waals surface area contributed by atoms with Crippen LogP contribution in [0.25, 0.3) is 0 Å². The molecule has 0 radical (unpaired) electrons. The minimum absolute atomic E-state index is 0.153. The van der Waals surface area contributed by atoms with Gasteiger partial charge in [0.1, 0.15) is 5.76 Å². The molecule has 0 atom stereocenters. The number of rotatable bonds is 3. The van der Waals surface area contributed by atoms with Gasteiger partial charge >= 0.3 is 5.97 Å². The molecule has 0 aromatic carbocycles. The highest BCUT2D eigenvalue weighted by Crippen LogP contribution is 2.45. The number of aromatic nitrogens is 1. The molecule has 0 N–H and O–H groups in total. The summed E-state index contributed by atoms with van der Waals surface area (Å²) >= 11 is 0. The predicted molar refractivity (Wildman–Crippen MR) is 63.1 cm³/mol. The summed E-state index contributed by atoms with van der Waals surface area (Å²) < 4.78 is 10.4. The Hall–Kier alpha value is -1.32. The number of hydrogen-bond acceptors (Lipinski definition) is 4. The Morgan fingerprint density at radius 1 is 1.47 bits per heavy atom. The molecule has 0 amide bonds. The number of carbonyl (C=O) groups is 1. The molecule has 2 rings (SSSR count). The second-order valence-electron chi connectivity index (χ2n) is 5.52. The molecule has 17 heavy (non-hydrogen) atoms. The van der Waals surface area contributed by atoms with Crippen LogP contribution in [0.1, 0.15) is 68.3 Å². The Labute approximate surface area is 101 Å². The summed E-state index contributed by atoms with van der Waals surface area (Å²) in [6, 6.07) is 0. The fraction of sp³-hybridized carbons (Fsp3) is 0.692. The van der Waals surface area contributed by atoms with Crippen LogP contribution in [0.3, 0.4) is 0 Å². The summed E-state index contributed by atoms with van der Waals surface area (Å²) in [5.74, 6) is 0.938. The maximum absolute atomic E-state index is 11.8. The molecule has 1 aliphatic rings. The van der Waals surface area contributed by atoms with Crippen LogP contribution in [-0.4, -0.2) is 17.7 Å². The number of ether oxygens (including phenoxy) is 1. The predicted octanol–water partition coefficient (Wildman–Crippen LogP) is 3.03. The maximum atomic E-state index is 11.8. The minimum atomic E-state index is -0.381. The molecule has 0 spiro atoms. The minimum Gasteiger partial charge on any atom is -0.461 e. The van der Waals surface area contributed by atoms with Crippen molar-refractivity contribution in [2.24, 2.45) is 0 Å². The summed E-state index contributed by atoms with van der Waals surface area (Å²) in [6.07, 6.45) is 2.25. The molecule has 1 heterocycles. The van der Waals surface area contributed by atoms with Gasteiger partial charge in [0.15, 0.2) is 5.69 Å². The van der Waals surface area contributed by atoms with Crippen molar-refractivity contribution in [3.8, 4) is 0 Å². The van der Waals surface area contributed by atoms with Crippen molar-refractivity contribution >= 4 is 5.97 Å². The highest BCUT2D eigenvalue weighted by molar-refractivity contribution is 5.89. The Balaban J connectivity index is 2.42. The van der Waals surface area contributed by atoms with Crippen LogP contribution >= 0.6 is 0 Å². The van der Waals surface area contributed by atoms with Crippen molar-refractivity contribution < 1.29 is 14.1 Å². The molecule has 0 aliphatic heterocycles. The molecule has 1 aromatic heterocycles. The lowest BCUT2D eigenvalue weighted by atomic mass is 9.84. The zero-order valence-corrected chi connectivity index (χ0v) is 10.9. The average molecular weight is 237 g/mol. The molecule has 0 saturated heterocycles. The Bertz CT molecular complexity index is 424. The molecule has 1 aliphatic carbocycles. The van der Waals surface area contributed by atoms with E-state index in [0.29, 0.717) is 18.2 Å². The van der Waals surface area contributed by atoms with Gasteiger partial charge in [0.2, 0.25) is 0 Å². The molecule has 1 saturated carbocycles. The molecule has 4 heteroatoms.